The van der Waals surface area contributed by atoms with Gasteiger partial charge in [-0.25, -0.2) is 0 Å². The predicted molar refractivity (Wildman–Crippen MR) is 82.4 cm³/mol. The molecule has 1 aromatic carbocycles. The van der Waals surface area contributed by atoms with Crippen LogP contribution in [0.2, 0.25) is 0 Å². The van der Waals surface area contributed by atoms with Crippen LogP contribution < -0.4 is 5.32 Å². The van der Waals surface area contributed by atoms with Crippen molar-refractivity contribution in [1.82, 2.24) is 5.32 Å². The predicted octanol–water partition coefficient (Wildman–Crippen LogP) is 2.92. The van der Waals surface area contributed by atoms with Crippen molar-refractivity contribution in [1.29, 1.82) is 0 Å². The first-order valence-corrected chi connectivity index (χ1v) is 7.17. The summed E-state index contributed by atoms with van der Waals surface area (Å²) in [6.07, 6.45) is 1.79. The van der Waals surface area contributed by atoms with Crippen LogP contribution >= 0.6 is 11.8 Å². The zero-order valence-electron chi connectivity index (χ0n) is 11.6. The van der Waals surface area contributed by atoms with Gasteiger partial charge in [-0.2, -0.15) is 4.99 Å². The van der Waals surface area contributed by atoms with Crippen LogP contribution in [0.15, 0.2) is 34.2 Å². The van der Waals surface area contributed by atoms with Crippen LogP contribution in [-0.2, 0) is 9.59 Å². The first-order chi connectivity index (χ1) is 9.45. The Labute approximate surface area is 122 Å². The van der Waals surface area contributed by atoms with E-state index in [9.17, 15) is 9.59 Å². The van der Waals surface area contributed by atoms with Gasteiger partial charge in [-0.1, -0.05) is 38.1 Å². The molecule has 0 spiro atoms. The van der Waals surface area contributed by atoms with Gasteiger partial charge in [0, 0.05) is 6.92 Å². The number of rotatable bonds is 2. The first kappa shape index (κ1) is 14.5. The van der Waals surface area contributed by atoms with E-state index >= 15 is 0 Å². The van der Waals surface area contributed by atoms with Crippen molar-refractivity contribution in [2.75, 3.05) is 0 Å². The van der Waals surface area contributed by atoms with Crippen LogP contribution in [0.25, 0.3) is 6.08 Å². The molecule has 0 saturated carbocycles. The number of benzene rings is 1. The number of amidine groups is 1. The van der Waals surface area contributed by atoms with E-state index in [0.717, 1.165) is 5.56 Å². The largest absolute Gasteiger partial charge is 0.305 e. The van der Waals surface area contributed by atoms with Gasteiger partial charge in [-0.3, -0.25) is 9.59 Å². The topological polar surface area (TPSA) is 58.5 Å². The molecule has 0 saturated heterocycles. The zero-order chi connectivity index (χ0) is 14.7. The molecule has 104 valence electrons. The van der Waals surface area contributed by atoms with Gasteiger partial charge in [0.15, 0.2) is 5.17 Å². The summed E-state index contributed by atoms with van der Waals surface area (Å²) in [6.45, 7) is 5.66. The first-order valence-electron chi connectivity index (χ1n) is 6.36. The van der Waals surface area contributed by atoms with Gasteiger partial charge in [0.05, 0.1) is 4.91 Å². The fourth-order valence-corrected chi connectivity index (χ4v) is 2.60. The molecule has 1 N–H and O–H groups in total. The second kappa shape index (κ2) is 6.05. The van der Waals surface area contributed by atoms with E-state index < -0.39 is 0 Å². The number of carbonyl (C=O) groups is 2. The van der Waals surface area contributed by atoms with Crippen molar-refractivity contribution < 1.29 is 9.59 Å². The van der Waals surface area contributed by atoms with E-state index in [4.69, 9.17) is 0 Å². The van der Waals surface area contributed by atoms with Crippen LogP contribution in [0.4, 0.5) is 0 Å². The highest BCUT2D eigenvalue weighted by Gasteiger charge is 2.22. The average Bonchev–Trinajstić information content (AvgIpc) is 2.69. The van der Waals surface area contributed by atoms with Crippen molar-refractivity contribution in [3.05, 3.63) is 40.3 Å². The molecule has 0 radical (unpaired) electrons. The van der Waals surface area contributed by atoms with E-state index in [1.807, 2.05) is 12.1 Å². The molecule has 1 aliphatic heterocycles. The third-order valence-corrected chi connectivity index (χ3v) is 3.70. The SMILES string of the molecule is CC(=O)NC1=NC(=O)C(=Cc2ccc(C(C)C)cc2)S1. The van der Waals surface area contributed by atoms with Gasteiger partial charge in [0.1, 0.15) is 0 Å². The summed E-state index contributed by atoms with van der Waals surface area (Å²) in [5.74, 6) is -0.0628. The Kier molecular flexibility index (Phi) is 4.39. The molecular weight excluding hydrogens is 272 g/mol. The lowest BCUT2D eigenvalue weighted by atomic mass is 10.0. The Morgan fingerprint density at radius 1 is 1.30 bits per heavy atom. The molecule has 2 rings (SSSR count). The monoisotopic (exact) mass is 288 g/mol. The van der Waals surface area contributed by atoms with Gasteiger partial charge in [0.25, 0.3) is 5.91 Å². The van der Waals surface area contributed by atoms with Gasteiger partial charge in [-0.05, 0) is 34.9 Å². The summed E-state index contributed by atoms with van der Waals surface area (Å²) in [7, 11) is 0. The third kappa shape index (κ3) is 3.57. The zero-order valence-corrected chi connectivity index (χ0v) is 12.5. The summed E-state index contributed by atoms with van der Waals surface area (Å²) in [5.41, 5.74) is 2.21. The van der Waals surface area contributed by atoms with Gasteiger partial charge in [-0.15, -0.1) is 0 Å². The van der Waals surface area contributed by atoms with Gasteiger partial charge >= 0.3 is 0 Å². The number of hydrogen-bond acceptors (Lipinski definition) is 3. The number of hydrogen-bond donors (Lipinski definition) is 1. The van der Waals surface area contributed by atoms with Crippen molar-refractivity contribution >= 4 is 34.8 Å². The van der Waals surface area contributed by atoms with E-state index in [0.29, 0.717) is 16.0 Å². The summed E-state index contributed by atoms with van der Waals surface area (Å²) in [6, 6.07) is 8.06. The molecule has 20 heavy (non-hydrogen) atoms. The van der Waals surface area contributed by atoms with E-state index in [1.165, 1.54) is 24.2 Å². The maximum atomic E-state index is 11.7. The summed E-state index contributed by atoms with van der Waals surface area (Å²) < 4.78 is 0. The molecule has 4 nitrogen and oxygen atoms in total. The standard InChI is InChI=1S/C15H16N2O2S/c1-9(2)12-6-4-11(5-7-12)8-13-14(19)17-15(20-13)16-10(3)18/h4-9H,1-3H3,(H,16,17,18,19). The van der Waals surface area contributed by atoms with Crippen molar-refractivity contribution in [2.45, 2.75) is 26.7 Å². The number of nitrogens with zero attached hydrogens (tertiary/aromatic N) is 1. The lowest BCUT2D eigenvalue weighted by Gasteiger charge is -2.05. The molecular formula is C15H16N2O2S. The highest BCUT2D eigenvalue weighted by atomic mass is 32.2. The van der Waals surface area contributed by atoms with Crippen LogP contribution in [-0.4, -0.2) is 17.0 Å². The minimum absolute atomic E-state index is 0.230. The van der Waals surface area contributed by atoms with E-state index in [2.05, 4.69) is 36.3 Å². The molecule has 0 aliphatic carbocycles. The Hall–Kier alpha value is -1.88. The minimum Gasteiger partial charge on any atom is -0.305 e. The van der Waals surface area contributed by atoms with Crippen LogP contribution in [0.5, 0.6) is 0 Å². The Morgan fingerprint density at radius 3 is 2.50 bits per heavy atom. The molecule has 0 fully saturated rings. The molecule has 0 bridgehead atoms. The summed E-state index contributed by atoms with van der Waals surface area (Å²) in [5, 5.41) is 2.86. The van der Waals surface area contributed by atoms with Crippen molar-refractivity contribution in [3.8, 4) is 0 Å². The molecule has 2 amide bonds. The fraction of sp³-hybridized carbons (Fsp3) is 0.267. The Balaban J connectivity index is 2.13. The normalized spacial score (nSPS) is 16.7. The lowest BCUT2D eigenvalue weighted by Crippen LogP contribution is -2.23. The maximum Gasteiger partial charge on any atom is 0.286 e. The lowest BCUT2D eigenvalue weighted by molar-refractivity contribution is -0.117. The maximum absolute atomic E-state index is 11.7. The summed E-state index contributed by atoms with van der Waals surface area (Å²) in [4.78, 5) is 27.0. The van der Waals surface area contributed by atoms with Gasteiger partial charge < -0.3 is 5.32 Å². The van der Waals surface area contributed by atoms with Crippen molar-refractivity contribution in [2.24, 2.45) is 4.99 Å². The van der Waals surface area contributed by atoms with Crippen LogP contribution in [0, 0.1) is 0 Å². The average molecular weight is 288 g/mol. The van der Waals surface area contributed by atoms with E-state index in [1.54, 1.807) is 6.08 Å². The minimum atomic E-state index is -0.313. The fourth-order valence-electron chi connectivity index (χ4n) is 1.74. The molecule has 0 atom stereocenters. The highest BCUT2D eigenvalue weighted by Crippen LogP contribution is 2.27. The van der Waals surface area contributed by atoms with Gasteiger partial charge in [0.2, 0.25) is 5.91 Å². The Bertz CT molecular complexity index is 601. The number of nitrogens with one attached hydrogen (secondary N) is 1. The molecule has 5 heteroatoms. The molecule has 1 heterocycles. The summed E-state index contributed by atoms with van der Waals surface area (Å²) >= 11 is 1.18. The highest BCUT2D eigenvalue weighted by molar-refractivity contribution is 8.18. The third-order valence-electron chi connectivity index (χ3n) is 2.80. The molecule has 0 unspecified atom stereocenters. The molecule has 1 aromatic rings. The molecule has 1 aliphatic rings. The quantitative estimate of drug-likeness (QED) is 0.851. The second-order valence-electron chi connectivity index (χ2n) is 4.84. The van der Waals surface area contributed by atoms with Crippen LogP contribution in [0.3, 0.4) is 0 Å². The number of aliphatic imine (C=N–C) groups is 1. The second-order valence-corrected chi connectivity index (χ2v) is 5.87. The Morgan fingerprint density at radius 2 is 1.95 bits per heavy atom. The smallest absolute Gasteiger partial charge is 0.286 e. The van der Waals surface area contributed by atoms with Crippen molar-refractivity contribution in [3.63, 3.8) is 0 Å². The number of thioether (sulfide) groups is 1. The number of carbonyl (C=O) groups excluding carboxylic acids is 2. The van der Waals surface area contributed by atoms with E-state index in [-0.39, 0.29) is 11.8 Å². The molecule has 0 aromatic heterocycles. The number of amides is 2. The van der Waals surface area contributed by atoms with Crippen LogP contribution in [0.1, 0.15) is 37.8 Å².